The molecule has 2 rings (SSSR count). The van der Waals surface area contributed by atoms with Crippen LogP contribution in [0, 0.1) is 12.8 Å². The van der Waals surface area contributed by atoms with Gasteiger partial charge in [-0.15, -0.1) is 0 Å². The van der Waals surface area contributed by atoms with Crippen molar-refractivity contribution in [2.75, 3.05) is 13.7 Å². The quantitative estimate of drug-likeness (QED) is 0.725. The van der Waals surface area contributed by atoms with E-state index in [0.29, 0.717) is 0 Å². The van der Waals surface area contributed by atoms with Gasteiger partial charge in [-0.25, -0.2) is 0 Å². The molecule has 2 aromatic rings. The highest BCUT2D eigenvalue weighted by Gasteiger charge is 2.19. The zero-order valence-corrected chi connectivity index (χ0v) is 14.6. The van der Waals surface area contributed by atoms with Gasteiger partial charge in [0, 0.05) is 16.8 Å². The summed E-state index contributed by atoms with van der Waals surface area (Å²) < 4.78 is 5.17. The Morgan fingerprint density at radius 3 is 2.54 bits per heavy atom. The molecule has 1 aromatic heterocycles. The highest BCUT2D eigenvalue weighted by atomic mass is 16.5. The van der Waals surface area contributed by atoms with Gasteiger partial charge in [-0.05, 0) is 37.1 Å². The second-order valence-electron chi connectivity index (χ2n) is 6.18. The van der Waals surface area contributed by atoms with Crippen molar-refractivity contribution >= 4 is 5.91 Å². The molecule has 0 aliphatic heterocycles. The number of aromatic amines is 1. The molecule has 6 nitrogen and oxygen atoms in total. The van der Waals surface area contributed by atoms with Crippen LogP contribution in [0.4, 0.5) is 0 Å². The summed E-state index contributed by atoms with van der Waals surface area (Å²) in [7, 11) is 1.62. The van der Waals surface area contributed by atoms with Crippen molar-refractivity contribution in [1.82, 2.24) is 15.5 Å². The second-order valence-corrected chi connectivity index (χ2v) is 6.18. The number of carbonyl (C=O) groups is 1. The molecule has 1 aromatic carbocycles. The van der Waals surface area contributed by atoms with Gasteiger partial charge in [0.25, 0.3) is 0 Å². The Morgan fingerprint density at radius 2 is 2.00 bits per heavy atom. The summed E-state index contributed by atoms with van der Waals surface area (Å²) in [6.45, 7) is 5.76. The third kappa shape index (κ3) is 4.14. The molecule has 1 heterocycles. The number of H-pyrrole nitrogens is 1. The molecule has 130 valence electrons. The first-order valence-corrected chi connectivity index (χ1v) is 8.04. The summed E-state index contributed by atoms with van der Waals surface area (Å²) in [5, 5.41) is 19.5. The van der Waals surface area contributed by atoms with Gasteiger partial charge in [0.1, 0.15) is 5.75 Å². The summed E-state index contributed by atoms with van der Waals surface area (Å²) >= 11 is 0. The Hall–Kier alpha value is -2.34. The minimum Gasteiger partial charge on any atom is -0.497 e. The molecule has 0 fully saturated rings. The second kappa shape index (κ2) is 7.97. The standard InChI is InChI=1S/C18H25N3O3/c1-11(2)16(10-22)19-17(23)9-15-12(3)20-21-18(15)13-5-7-14(24-4)8-6-13/h5-8,11,16,22H,9-10H2,1-4H3,(H,19,23)(H,20,21)/t16-/m1/s1. The molecule has 0 radical (unpaired) electrons. The number of aliphatic hydroxyl groups is 1. The molecule has 0 unspecified atom stereocenters. The zero-order chi connectivity index (χ0) is 17.7. The summed E-state index contributed by atoms with van der Waals surface area (Å²) in [5.41, 5.74) is 3.40. The minimum atomic E-state index is -0.242. The van der Waals surface area contributed by atoms with E-state index in [9.17, 15) is 9.90 Å². The van der Waals surface area contributed by atoms with Crippen molar-refractivity contribution in [3.8, 4) is 17.0 Å². The van der Waals surface area contributed by atoms with Crippen LogP contribution in [-0.4, -0.2) is 41.0 Å². The predicted molar refractivity (Wildman–Crippen MR) is 92.9 cm³/mol. The highest BCUT2D eigenvalue weighted by Crippen LogP contribution is 2.26. The van der Waals surface area contributed by atoms with Crippen LogP contribution in [0.3, 0.4) is 0 Å². The van der Waals surface area contributed by atoms with Crippen LogP contribution >= 0.6 is 0 Å². The van der Waals surface area contributed by atoms with Gasteiger partial charge in [-0.1, -0.05) is 13.8 Å². The normalized spacial score (nSPS) is 12.2. The first kappa shape index (κ1) is 18.0. The van der Waals surface area contributed by atoms with Gasteiger partial charge in [-0.2, -0.15) is 5.10 Å². The first-order chi connectivity index (χ1) is 11.5. The van der Waals surface area contributed by atoms with Crippen molar-refractivity contribution in [2.45, 2.75) is 33.2 Å². The molecule has 1 atom stereocenters. The number of carbonyl (C=O) groups excluding carboxylic acids is 1. The van der Waals surface area contributed by atoms with Crippen LogP contribution in [0.2, 0.25) is 0 Å². The van der Waals surface area contributed by atoms with Gasteiger partial charge in [0.05, 0.1) is 31.9 Å². The third-order valence-corrected chi connectivity index (χ3v) is 4.12. The van der Waals surface area contributed by atoms with E-state index in [1.165, 1.54) is 0 Å². The Labute approximate surface area is 142 Å². The number of methoxy groups -OCH3 is 1. The van der Waals surface area contributed by atoms with Crippen LogP contribution in [0.5, 0.6) is 5.75 Å². The average Bonchev–Trinajstić information content (AvgIpc) is 2.93. The van der Waals surface area contributed by atoms with Gasteiger partial charge >= 0.3 is 0 Å². The maximum absolute atomic E-state index is 12.3. The van der Waals surface area contributed by atoms with E-state index in [1.54, 1.807) is 7.11 Å². The monoisotopic (exact) mass is 331 g/mol. The number of ether oxygens (including phenoxy) is 1. The lowest BCUT2D eigenvalue weighted by Crippen LogP contribution is -2.41. The molecule has 0 aliphatic rings. The van der Waals surface area contributed by atoms with Gasteiger partial charge in [0.2, 0.25) is 5.91 Å². The highest BCUT2D eigenvalue weighted by molar-refractivity contribution is 5.82. The fourth-order valence-electron chi connectivity index (χ4n) is 2.50. The fourth-order valence-corrected chi connectivity index (χ4v) is 2.50. The van der Waals surface area contributed by atoms with Crippen molar-refractivity contribution in [3.63, 3.8) is 0 Å². The maximum atomic E-state index is 12.3. The van der Waals surface area contributed by atoms with E-state index in [1.807, 2.05) is 45.0 Å². The number of aromatic nitrogens is 2. The zero-order valence-electron chi connectivity index (χ0n) is 14.6. The van der Waals surface area contributed by atoms with E-state index in [4.69, 9.17) is 4.74 Å². The Kier molecular flexibility index (Phi) is 5.98. The van der Waals surface area contributed by atoms with Gasteiger partial charge in [0.15, 0.2) is 0 Å². The molecule has 0 aliphatic carbocycles. The predicted octanol–water partition coefficient (Wildman–Crippen LogP) is 2.07. The lowest BCUT2D eigenvalue weighted by atomic mass is 10.0. The minimum absolute atomic E-state index is 0.0703. The number of aliphatic hydroxyl groups excluding tert-OH is 1. The number of aryl methyl sites for hydroxylation is 1. The number of hydrogen-bond donors (Lipinski definition) is 3. The van der Waals surface area contributed by atoms with E-state index in [-0.39, 0.29) is 30.9 Å². The summed E-state index contributed by atoms with van der Waals surface area (Å²) in [6.07, 6.45) is 0.215. The number of hydrogen-bond acceptors (Lipinski definition) is 4. The van der Waals surface area contributed by atoms with Gasteiger partial charge in [-0.3, -0.25) is 9.89 Å². The number of benzene rings is 1. The van der Waals surface area contributed by atoms with Crippen LogP contribution in [0.15, 0.2) is 24.3 Å². The van der Waals surface area contributed by atoms with Crippen molar-refractivity contribution in [3.05, 3.63) is 35.5 Å². The van der Waals surface area contributed by atoms with E-state index in [2.05, 4.69) is 15.5 Å². The topological polar surface area (TPSA) is 87.2 Å². The maximum Gasteiger partial charge on any atom is 0.224 e. The van der Waals surface area contributed by atoms with Crippen LogP contribution in [0.1, 0.15) is 25.1 Å². The molecule has 0 saturated carbocycles. The number of nitrogens with zero attached hydrogens (tertiary/aromatic N) is 1. The van der Waals surface area contributed by atoms with Crippen molar-refractivity contribution in [1.29, 1.82) is 0 Å². The fraction of sp³-hybridized carbons (Fsp3) is 0.444. The van der Waals surface area contributed by atoms with Gasteiger partial charge < -0.3 is 15.2 Å². The molecular formula is C18H25N3O3. The third-order valence-electron chi connectivity index (χ3n) is 4.12. The molecular weight excluding hydrogens is 306 g/mol. The Balaban J connectivity index is 2.18. The molecule has 24 heavy (non-hydrogen) atoms. The summed E-state index contributed by atoms with van der Waals surface area (Å²) in [6, 6.07) is 7.32. The number of amides is 1. The van der Waals surface area contributed by atoms with Crippen LogP contribution < -0.4 is 10.1 Å². The molecule has 1 amide bonds. The van der Waals surface area contributed by atoms with Crippen molar-refractivity contribution in [2.24, 2.45) is 5.92 Å². The first-order valence-electron chi connectivity index (χ1n) is 8.04. The smallest absolute Gasteiger partial charge is 0.224 e. The SMILES string of the molecule is COc1ccc(-c2n[nH]c(C)c2CC(=O)N[C@H](CO)C(C)C)cc1. The van der Waals surface area contributed by atoms with Crippen molar-refractivity contribution < 1.29 is 14.6 Å². The summed E-state index contributed by atoms with van der Waals surface area (Å²) in [4.78, 5) is 12.3. The van der Waals surface area contributed by atoms with E-state index >= 15 is 0 Å². The van der Waals surface area contributed by atoms with E-state index in [0.717, 1.165) is 28.3 Å². The Morgan fingerprint density at radius 1 is 1.33 bits per heavy atom. The molecule has 0 spiro atoms. The van der Waals surface area contributed by atoms with Crippen LogP contribution in [0.25, 0.3) is 11.3 Å². The lowest BCUT2D eigenvalue weighted by Gasteiger charge is -2.20. The molecule has 3 N–H and O–H groups in total. The largest absolute Gasteiger partial charge is 0.497 e. The number of rotatable bonds is 7. The molecule has 0 saturated heterocycles. The lowest BCUT2D eigenvalue weighted by molar-refractivity contribution is -0.121. The Bertz CT molecular complexity index is 677. The molecule has 6 heteroatoms. The number of nitrogens with one attached hydrogen (secondary N) is 2. The van der Waals surface area contributed by atoms with E-state index < -0.39 is 0 Å². The van der Waals surface area contributed by atoms with Crippen LogP contribution in [-0.2, 0) is 11.2 Å². The summed E-state index contributed by atoms with van der Waals surface area (Å²) in [5.74, 6) is 0.820. The average molecular weight is 331 g/mol. The molecule has 0 bridgehead atoms.